The molecule has 4 N–H and O–H groups in total. The lowest BCUT2D eigenvalue weighted by atomic mass is 9.90. The van der Waals surface area contributed by atoms with Crippen molar-refractivity contribution in [3.8, 4) is 0 Å². The van der Waals surface area contributed by atoms with Gasteiger partial charge in [-0.2, -0.15) is 0 Å². The summed E-state index contributed by atoms with van der Waals surface area (Å²) in [5.74, 6) is -0.681. The summed E-state index contributed by atoms with van der Waals surface area (Å²) < 4.78 is 0.941. The van der Waals surface area contributed by atoms with Crippen LogP contribution >= 0.6 is 22.6 Å². The molecule has 1 fully saturated rings. The number of carbonyl (C=O) groups excluding carboxylic acids is 3. The van der Waals surface area contributed by atoms with E-state index in [-0.39, 0.29) is 30.2 Å². The zero-order valence-electron chi connectivity index (χ0n) is 23.0. The third kappa shape index (κ3) is 9.26. The van der Waals surface area contributed by atoms with Crippen molar-refractivity contribution in [2.24, 2.45) is 5.73 Å². The van der Waals surface area contributed by atoms with Gasteiger partial charge in [-0.25, -0.2) is 0 Å². The first-order chi connectivity index (χ1) is 19.9. The van der Waals surface area contributed by atoms with Gasteiger partial charge in [-0.1, -0.05) is 108 Å². The highest BCUT2D eigenvalue weighted by Gasteiger charge is 2.32. The monoisotopic (exact) mass is 664 g/mol. The number of nitrogens with two attached hydrogens (primary N) is 1. The molecule has 7 nitrogen and oxygen atoms in total. The van der Waals surface area contributed by atoms with Gasteiger partial charge in [-0.05, 0) is 41.2 Å². The zero-order valence-corrected chi connectivity index (χ0v) is 25.2. The second-order valence-electron chi connectivity index (χ2n) is 10.3. The van der Waals surface area contributed by atoms with Crippen LogP contribution in [0.15, 0.2) is 91.0 Å². The maximum Gasteiger partial charge on any atom is 0.244 e. The van der Waals surface area contributed by atoms with Gasteiger partial charge in [0, 0.05) is 48.5 Å². The van der Waals surface area contributed by atoms with Crippen LogP contribution in [0.4, 0.5) is 0 Å². The minimum Gasteiger partial charge on any atom is -0.370 e. The second kappa shape index (κ2) is 15.5. The number of hydrogen-bond donors (Lipinski definition) is 3. The van der Waals surface area contributed by atoms with Crippen molar-refractivity contribution in [3.05, 3.63) is 113 Å². The molecule has 1 aliphatic rings. The van der Waals surface area contributed by atoms with Crippen LogP contribution in [0.25, 0.3) is 6.08 Å². The molecule has 0 radical (unpaired) electrons. The van der Waals surface area contributed by atoms with Gasteiger partial charge in [-0.3, -0.25) is 14.4 Å². The Labute approximate surface area is 255 Å². The highest BCUT2D eigenvalue weighted by atomic mass is 127. The van der Waals surface area contributed by atoms with Gasteiger partial charge in [-0.15, -0.1) is 0 Å². The summed E-state index contributed by atoms with van der Waals surface area (Å²) in [6.07, 6.45) is 4.40. The quantitative estimate of drug-likeness (QED) is 0.152. The zero-order chi connectivity index (χ0) is 29.0. The highest BCUT2D eigenvalue weighted by molar-refractivity contribution is 14.1. The summed E-state index contributed by atoms with van der Waals surface area (Å²) >= 11 is 2.32. The third-order valence-electron chi connectivity index (χ3n) is 7.36. The fraction of sp³-hybridized carbons (Fsp3) is 0.303. The molecule has 0 saturated carbocycles. The van der Waals surface area contributed by atoms with Gasteiger partial charge in [0.05, 0.1) is 6.04 Å². The molecule has 3 amide bonds. The van der Waals surface area contributed by atoms with Crippen LogP contribution < -0.4 is 16.4 Å². The Bertz CT molecular complexity index is 1280. The lowest BCUT2D eigenvalue weighted by Gasteiger charge is -2.29. The van der Waals surface area contributed by atoms with E-state index in [4.69, 9.17) is 5.73 Å². The molecule has 41 heavy (non-hydrogen) atoms. The van der Waals surface area contributed by atoms with Crippen molar-refractivity contribution >= 4 is 46.4 Å². The molecule has 4 rings (SSSR count). The standard InChI is InChI=1S/C33H37IN4O3/c34-21-25-13-11-24(12-14-25)15-18-32(40)36-22-28-19-20-38(33(41)30(37-28)16-17-31(35)39)23-29(26-7-3-1-4-8-26)27-9-5-2-6-10-27/h1-15,18,28-30,37H,16-17,19-23H2,(H2,35,39)(H,36,40)/b18-15+/t28-,30-/m0/s1. The van der Waals surface area contributed by atoms with Crippen LogP contribution in [0.3, 0.4) is 0 Å². The highest BCUT2D eigenvalue weighted by Crippen LogP contribution is 2.27. The molecule has 0 unspecified atom stereocenters. The minimum absolute atomic E-state index is 0.00507. The number of halogens is 1. The Kier molecular flexibility index (Phi) is 11.5. The molecule has 8 heteroatoms. The number of primary amides is 1. The lowest BCUT2D eigenvalue weighted by molar-refractivity contribution is -0.133. The van der Waals surface area contributed by atoms with E-state index < -0.39 is 11.9 Å². The van der Waals surface area contributed by atoms with Crippen molar-refractivity contribution < 1.29 is 14.4 Å². The summed E-state index contributed by atoms with van der Waals surface area (Å²) in [6, 6.07) is 27.8. The second-order valence-corrected chi connectivity index (χ2v) is 11.1. The van der Waals surface area contributed by atoms with E-state index in [0.717, 1.165) is 21.1 Å². The van der Waals surface area contributed by atoms with Gasteiger partial charge in [0.25, 0.3) is 0 Å². The molecule has 0 aromatic heterocycles. The molecular formula is C33H37IN4O3. The number of amides is 3. The molecule has 2 atom stereocenters. The van der Waals surface area contributed by atoms with Crippen molar-refractivity contribution in [3.63, 3.8) is 0 Å². The van der Waals surface area contributed by atoms with Crippen molar-refractivity contribution in [1.82, 2.24) is 15.5 Å². The Morgan fingerprint density at radius 2 is 1.63 bits per heavy atom. The minimum atomic E-state index is -0.564. The summed E-state index contributed by atoms with van der Waals surface area (Å²) in [7, 11) is 0. The Hall–Kier alpha value is -3.50. The van der Waals surface area contributed by atoms with Crippen molar-refractivity contribution in [2.45, 2.75) is 41.7 Å². The number of hydrogen-bond acceptors (Lipinski definition) is 4. The van der Waals surface area contributed by atoms with E-state index >= 15 is 0 Å². The maximum absolute atomic E-state index is 13.8. The summed E-state index contributed by atoms with van der Waals surface area (Å²) in [6.45, 7) is 1.42. The van der Waals surface area contributed by atoms with Gasteiger partial charge >= 0.3 is 0 Å². The van der Waals surface area contributed by atoms with Crippen LogP contribution in [0.2, 0.25) is 0 Å². The third-order valence-corrected chi connectivity index (χ3v) is 8.25. The predicted molar refractivity (Wildman–Crippen MR) is 171 cm³/mol. The smallest absolute Gasteiger partial charge is 0.244 e. The van der Waals surface area contributed by atoms with E-state index in [9.17, 15) is 14.4 Å². The number of nitrogens with zero attached hydrogens (tertiary/aromatic N) is 1. The Balaban J connectivity index is 1.44. The van der Waals surface area contributed by atoms with E-state index in [2.05, 4.69) is 69.6 Å². The largest absolute Gasteiger partial charge is 0.370 e. The van der Waals surface area contributed by atoms with Crippen LogP contribution in [0.5, 0.6) is 0 Å². The molecule has 3 aromatic carbocycles. The number of alkyl halides is 1. The normalized spacial score (nSPS) is 17.5. The summed E-state index contributed by atoms with van der Waals surface area (Å²) in [5.41, 5.74) is 9.90. The van der Waals surface area contributed by atoms with Crippen LogP contribution in [-0.2, 0) is 18.8 Å². The van der Waals surface area contributed by atoms with Crippen molar-refractivity contribution in [1.29, 1.82) is 0 Å². The van der Waals surface area contributed by atoms with E-state index in [1.54, 1.807) is 6.08 Å². The molecule has 0 bridgehead atoms. The predicted octanol–water partition coefficient (Wildman–Crippen LogP) is 4.41. The fourth-order valence-corrected chi connectivity index (χ4v) is 5.59. The molecule has 0 aliphatic carbocycles. The molecule has 214 valence electrons. The van der Waals surface area contributed by atoms with E-state index in [1.807, 2.05) is 53.4 Å². The number of benzene rings is 3. The van der Waals surface area contributed by atoms with Crippen LogP contribution in [0, 0.1) is 0 Å². The number of rotatable bonds is 12. The number of carbonyl (C=O) groups is 3. The maximum atomic E-state index is 13.8. The topological polar surface area (TPSA) is 105 Å². The lowest BCUT2D eigenvalue weighted by Crippen LogP contribution is -2.49. The number of nitrogens with one attached hydrogen (secondary N) is 2. The summed E-state index contributed by atoms with van der Waals surface area (Å²) in [4.78, 5) is 39.8. The first-order valence-corrected chi connectivity index (χ1v) is 15.5. The SMILES string of the molecule is NC(=O)CC[C@@H]1N[C@H](CNC(=O)/C=C/c2ccc(CI)cc2)CCN(CC(c2ccccc2)c2ccccc2)C1=O. The molecule has 0 spiro atoms. The molecule has 1 aliphatic heterocycles. The molecule has 1 heterocycles. The van der Waals surface area contributed by atoms with Gasteiger partial charge in [0.1, 0.15) is 0 Å². The van der Waals surface area contributed by atoms with Crippen LogP contribution in [0.1, 0.15) is 47.4 Å². The van der Waals surface area contributed by atoms with Gasteiger partial charge in [0.2, 0.25) is 17.7 Å². The van der Waals surface area contributed by atoms with E-state index in [1.165, 1.54) is 11.6 Å². The van der Waals surface area contributed by atoms with Crippen molar-refractivity contribution in [2.75, 3.05) is 19.6 Å². The summed E-state index contributed by atoms with van der Waals surface area (Å²) in [5, 5.41) is 6.38. The Morgan fingerprint density at radius 3 is 2.22 bits per heavy atom. The van der Waals surface area contributed by atoms with Crippen LogP contribution in [-0.4, -0.2) is 54.3 Å². The fourth-order valence-electron chi connectivity index (χ4n) is 5.08. The molecule has 3 aromatic rings. The molecular weight excluding hydrogens is 627 g/mol. The first-order valence-electron chi connectivity index (χ1n) is 14.0. The first kappa shape index (κ1) is 30.5. The Morgan fingerprint density at radius 1 is 1.00 bits per heavy atom. The van der Waals surface area contributed by atoms with Gasteiger partial charge < -0.3 is 21.3 Å². The molecule has 1 saturated heterocycles. The van der Waals surface area contributed by atoms with E-state index in [0.29, 0.717) is 32.5 Å². The van der Waals surface area contributed by atoms with Gasteiger partial charge in [0.15, 0.2) is 0 Å². The average molecular weight is 665 g/mol. The average Bonchev–Trinajstić information content (AvgIpc) is 3.15.